The lowest BCUT2D eigenvalue weighted by molar-refractivity contribution is -0.145. The summed E-state index contributed by atoms with van der Waals surface area (Å²) in [6.45, 7) is 3.73. The van der Waals surface area contributed by atoms with Crippen molar-refractivity contribution in [3.63, 3.8) is 0 Å². The second-order valence-corrected chi connectivity index (χ2v) is 4.64. The molecular weight excluding hydrogens is 254 g/mol. The number of ether oxygens (including phenoxy) is 1. The molecule has 0 radical (unpaired) electrons. The highest BCUT2D eigenvalue weighted by Gasteiger charge is 2.15. The Morgan fingerprint density at radius 3 is 2.55 bits per heavy atom. The second kappa shape index (κ2) is 8.00. The van der Waals surface area contributed by atoms with E-state index in [0.29, 0.717) is 12.1 Å². The number of methoxy groups -OCH3 is 1. The van der Waals surface area contributed by atoms with E-state index in [0.717, 1.165) is 5.56 Å². The van der Waals surface area contributed by atoms with E-state index in [9.17, 15) is 4.79 Å². The molecule has 1 rings (SSSR count). The van der Waals surface area contributed by atoms with Crippen molar-refractivity contribution in [1.29, 1.82) is 0 Å². The number of nitrogens with zero attached hydrogens (tertiary/aromatic N) is 1. The van der Waals surface area contributed by atoms with Gasteiger partial charge in [-0.1, -0.05) is 55.3 Å². The van der Waals surface area contributed by atoms with Crippen LogP contribution in [0.15, 0.2) is 35.5 Å². The minimum absolute atomic E-state index is 0.00422. The monoisotopic (exact) mass is 273 g/mol. The zero-order chi connectivity index (χ0) is 15.0. The van der Waals surface area contributed by atoms with Gasteiger partial charge < -0.3 is 9.94 Å². The average molecular weight is 273 g/mol. The van der Waals surface area contributed by atoms with Gasteiger partial charge >= 0.3 is 5.97 Å². The lowest BCUT2D eigenvalue weighted by Gasteiger charge is -2.10. The van der Waals surface area contributed by atoms with E-state index in [1.807, 2.05) is 44.2 Å². The second-order valence-electron chi connectivity index (χ2n) is 4.64. The minimum atomic E-state index is -0.238. The number of carbonyl (C=O) groups is 1. The van der Waals surface area contributed by atoms with Gasteiger partial charge in [0.2, 0.25) is 0 Å². The summed E-state index contributed by atoms with van der Waals surface area (Å²) in [6, 6.07) is 9.24. The molecule has 0 amide bonds. The summed E-state index contributed by atoms with van der Waals surface area (Å²) in [5.41, 5.74) is 1.08. The molecule has 0 aliphatic carbocycles. The molecule has 20 heavy (non-hydrogen) atoms. The Bertz CT molecular complexity index is 526. The Balaban J connectivity index is 2.70. The molecule has 0 spiro atoms. The smallest absolute Gasteiger partial charge is 0.308 e. The Morgan fingerprint density at radius 2 is 2.00 bits per heavy atom. The van der Waals surface area contributed by atoms with Crippen LogP contribution < -0.4 is 0 Å². The predicted octanol–water partition coefficient (Wildman–Crippen LogP) is 2.70. The first-order chi connectivity index (χ1) is 9.58. The number of benzene rings is 1. The molecule has 0 aliphatic rings. The first-order valence-electron chi connectivity index (χ1n) is 6.45. The highest BCUT2D eigenvalue weighted by atomic mass is 16.5. The lowest BCUT2D eigenvalue weighted by atomic mass is 9.97. The highest BCUT2D eigenvalue weighted by molar-refractivity contribution is 6.12. The van der Waals surface area contributed by atoms with E-state index < -0.39 is 0 Å². The van der Waals surface area contributed by atoms with E-state index in [-0.39, 0.29) is 17.8 Å². The molecule has 0 fully saturated rings. The number of rotatable bonds is 4. The fraction of sp³-hybridized carbons (Fsp3) is 0.375. The average Bonchev–Trinajstić information content (AvgIpc) is 2.48. The molecule has 4 heteroatoms. The van der Waals surface area contributed by atoms with Gasteiger partial charge in [-0.15, -0.1) is 0 Å². The van der Waals surface area contributed by atoms with Crippen molar-refractivity contribution in [1.82, 2.24) is 0 Å². The zero-order valence-electron chi connectivity index (χ0n) is 12.0. The molecule has 1 aromatic carbocycles. The molecule has 1 aromatic rings. The fourth-order valence-electron chi connectivity index (χ4n) is 1.83. The highest BCUT2D eigenvalue weighted by Crippen LogP contribution is 2.12. The summed E-state index contributed by atoms with van der Waals surface area (Å²) >= 11 is 0. The largest absolute Gasteiger partial charge is 0.469 e. The van der Waals surface area contributed by atoms with Gasteiger partial charge in [0.25, 0.3) is 0 Å². The summed E-state index contributed by atoms with van der Waals surface area (Å²) in [5, 5.41) is 12.2. The van der Waals surface area contributed by atoms with Crippen molar-refractivity contribution >= 4 is 11.7 Å². The molecule has 0 saturated heterocycles. The van der Waals surface area contributed by atoms with Crippen LogP contribution in [0.4, 0.5) is 0 Å². The summed E-state index contributed by atoms with van der Waals surface area (Å²) < 4.78 is 4.68. The first-order valence-corrected chi connectivity index (χ1v) is 6.45. The standard InChI is InChI=1S/C16H19NO3/c1-12(11-13(2)16(18)20-3)9-10-15(17-19)14-7-5-4-6-8-14/h4-8,12-13,19H,11H2,1-3H3/b17-15+. The number of hydrogen-bond acceptors (Lipinski definition) is 4. The van der Waals surface area contributed by atoms with Crippen LogP contribution in [0.1, 0.15) is 25.8 Å². The Labute approximate surface area is 119 Å². The van der Waals surface area contributed by atoms with Crippen LogP contribution in [0.3, 0.4) is 0 Å². The number of carbonyl (C=O) groups excluding carboxylic acids is 1. The Morgan fingerprint density at radius 1 is 1.35 bits per heavy atom. The molecule has 0 heterocycles. The van der Waals surface area contributed by atoms with Crippen LogP contribution in [0.25, 0.3) is 0 Å². The van der Waals surface area contributed by atoms with E-state index in [2.05, 4.69) is 21.7 Å². The lowest BCUT2D eigenvalue weighted by Crippen LogP contribution is -2.15. The molecular formula is C16H19NO3. The zero-order valence-corrected chi connectivity index (χ0v) is 12.0. The number of hydrogen-bond donors (Lipinski definition) is 1. The third-order valence-electron chi connectivity index (χ3n) is 2.89. The summed E-state index contributed by atoms with van der Waals surface area (Å²) in [5.74, 6) is 5.41. The number of oxime groups is 1. The Hall–Kier alpha value is -2.28. The van der Waals surface area contributed by atoms with Crippen LogP contribution in [0.5, 0.6) is 0 Å². The van der Waals surface area contributed by atoms with Gasteiger partial charge in [-0.25, -0.2) is 0 Å². The molecule has 0 aromatic heterocycles. The van der Waals surface area contributed by atoms with Gasteiger partial charge in [-0.2, -0.15) is 0 Å². The molecule has 2 unspecified atom stereocenters. The van der Waals surface area contributed by atoms with Gasteiger partial charge in [0.1, 0.15) is 0 Å². The van der Waals surface area contributed by atoms with Gasteiger partial charge in [-0.3, -0.25) is 4.79 Å². The van der Waals surface area contributed by atoms with Crippen molar-refractivity contribution in [3.05, 3.63) is 35.9 Å². The summed E-state index contributed by atoms with van der Waals surface area (Å²) in [4.78, 5) is 11.3. The topological polar surface area (TPSA) is 58.9 Å². The first kappa shape index (κ1) is 15.8. The van der Waals surface area contributed by atoms with Crippen LogP contribution in [0, 0.1) is 23.7 Å². The molecule has 1 N–H and O–H groups in total. The van der Waals surface area contributed by atoms with Crippen molar-refractivity contribution in [3.8, 4) is 11.8 Å². The maximum absolute atomic E-state index is 11.3. The molecule has 0 aliphatic heterocycles. The molecule has 2 atom stereocenters. The van der Waals surface area contributed by atoms with Crippen LogP contribution >= 0.6 is 0 Å². The normalized spacial score (nSPS) is 13.8. The summed E-state index contributed by atoms with van der Waals surface area (Å²) in [6.07, 6.45) is 0.604. The Kier molecular flexibility index (Phi) is 6.31. The van der Waals surface area contributed by atoms with E-state index in [1.54, 1.807) is 0 Å². The van der Waals surface area contributed by atoms with Crippen LogP contribution in [-0.2, 0) is 9.53 Å². The maximum atomic E-state index is 11.3. The third kappa shape index (κ3) is 4.77. The maximum Gasteiger partial charge on any atom is 0.308 e. The molecule has 0 saturated carbocycles. The van der Waals surface area contributed by atoms with E-state index in [4.69, 9.17) is 5.21 Å². The van der Waals surface area contributed by atoms with Gasteiger partial charge in [0, 0.05) is 11.5 Å². The van der Waals surface area contributed by atoms with E-state index >= 15 is 0 Å². The summed E-state index contributed by atoms with van der Waals surface area (Å²) in [7, 11) is 1.38. The predicted molar refractivity (Wildman–Crippen MR) is 77.5 cm³/mol. The van der Waals surface area contributed by atoms with Gasteiger partial charge in [-0.05, 0) is 12.3 Å². The van der Waals surface area contributed by atoms with Crippen molar-refractivity contribution in [2.24, 2.45) is 17.0 Å². The van der Waals surface area contributed by atoms with Crippen molar-refractivity contribution in [2.75, 3.05) is 7.11 Å². The van der Waals surface area contributed by atoms with Crippen molar-refractivity contribution in [2.45, 2.75) is 20.3 Å². The molecule has 106 valence electrons. The quantitative estimate of drug-likeness (QED) is 0.302. The van der Waals surface area contributed by atoms with Crippen LogP contribution in [0.2, 0.25) is 0 Å². The number of esters is 1. The van der Waals surface area contributed by atoms with Gasteiger partial charge in [0.05, 0.1) is 13.0 Å². The minimum Gasteiger partial charge on any atom is -0.469 e. The van der Waals surface area contributed by atoms with E-state index in [1.165, 1.54) is 7.11 Å². The molecule has 4 nitrogen and oxygen atoms in total. The fourth-order valence-corrected chi connectivity index (χ4v) is 1.83. The third-order valence-corrected chi connectivity index (χ3v) is 2.89. The van der Waals surface area contributed by atoms with Gasteiger partial charge in [0.15, 0.2) is 5.71 Å². The van der Waals surface area contributed by atoms with Crippen molar-refractivity contribution < 1.29 is 14.7 Å². The van der Waals surface area contributed by atoms with Crippen LogP contribution in [-0.4, -0.2) is 24.0 Å². The SMILES string of the molecule is COC(=O)C(C)CC(C)C#C/C(=N\O)c1ccccc1. The molecule has 0 bridgehead atoms.